The molecule has 15 heavy (non-hydrogen) atoms. The molecule has 0 aromatic carbocycles. The summed E-state index contributed by atoms with van der Waals surface area (Å²) in [4.78, 5) is 1.78. The van der Waals surface area contributed by atoms with Gasteiger partial charge in [-0.05, 0) is 58.2 Å². The summed E-state index contributed by atoms with van der Waals surface area (Å²) in [7, 11) is 1.72. The van der Waals surface area contributed by atoms with Crippen LogP contribution in [-0.2, 0) is 0 Å². The Kier molecular flexibility index (Phi) is 3.52. The van der Waals surface area contributed by atoms with Crippen LogP contribution in [0.2, 0.25) is 0 Å². The molecule has 0 spiro atoms. The van der Waals surface area contributed by atoms with E-state index in [9.17, 15) is 0 Å². The maximum Gasteiger partial charge on any atom is 0.160 e. The van der Waals surface area contributed by atoms with E-state index in [0.29, 0.717) is 0 Å². The van der Waals surface area contributed by atoms with Gasteiger partial charge in [-0.25, -0.2) is 0 Å². The molecule has 0 aliphatic carbocycles. The lowest BCUT2D eigenvalue weighted by Crippen LogP contribution is -2.41. The maximum atomic E-state index is 2.54. The zero-order valence-corrected chi connectivity index (χ0v) is 13.3. The van der Waals surface area contributed by atoms with Crippen molar-refractivity contribution in [1.29, 1.82) is 0 Å². The minimum absolute atomic E-state index is 0.550. The molecule has 3 heteroatoms. The second kappa shape index (κ2) is 4.07. The average molecular weight is 241 g/mol. The van der Waals surface area contributed by atoms with E-state index in [0.717, 1.165) is 0 Å². The lowest BCUT2D eigenvalue weighted by Gasteiger charge is -2.38. The first-order valence-corrected chi connectivity index (χ1v) is 9.62. The predicted molar refractivity (Wildman–Crippen MR) is 77.7 cm³/mol. The third-order valence-electron chi connectivity index (χ3n) is 3.86. The molecule has 1 nitrogen and oxygen atoms in total. The van der Waals surface area contributed by atoms with Crippen LogP contribution in [0.5, 0.6) is 0 Å². The average Bonchev–Trinajstić information content (AvgIpc) is 2.12. The molecule has 1 heterocycles. The van der Waals surface area contributed by atoms with Crippen LogP contribution in [0.15, 0.2) is 11.0 Å². The van der Waals surface area contributed by atoms with E-state index in [2.05, 4.69) is 59.6 Å². The molecule has 0 saturated carbocycles. The van der Waals surface area contributed by atoms with Crippen LogP contribution in [0.25, 0.3) is 0 Å². The van der Waals surface area contributed by atoms with Crippen LogP contribution >= 0.6 is 6.89 Å². The second-order valence-electron chi connectivity index (χ2n) is 5.12. The minimum Gasteiger partial charge on any atom is -0.381 e. The van der Waals surface area contributed by atoms with E-state index >= 15 is 0 Å². The summed E-state index contributed by atoms with van der Waals surface area (Å²) in [6, 6.07) is 0. The Morgan fingerprint density at radius 1 is 1.13 bits per heavy atom. The highest BCUT2D eigenvalue weighted by Crippen LogP contribution is 2.53. The van der Waals surface area contributed by atoms with Crippen molar-refractivity contribution in [2.45, 2.75) is 34.6 Å². The van der Waals surface area contributed by atoms with Gasteiger partial charge >= 0.3 is 0 Å². The van der Waals surface area contributed by atoms with Crippen molar-refractivity contribution in [1.82, 2.24) is 4.57 Å². The van der Waals surface area contributed by atoms with E-state index < -0.39 is 15.5 Å². The second-order valence-corrected chi connectivity index (χ2v) is 12.9. The van der Waals surface area contributed by atoms with Crippen LogP contribution in [0, 0.1) is 0 Å². The molecular weight excluding hydrogens is 217 g/mol. The summed E-state index contributed by atoms with van der Waals surface area (Å²) in [5.41, 5.74) is 1.52. The van der Waals surface area contributed by atoms with Crippen molar-refractivity contribution in [2.24, 2.45) is 0 Å². The number of allylic oxidation sites excluding steroid dienone is 2. The molecule has 1 aliphatic heterocycles. The molecule has 0 bridgehead atoms. The lowest BCUT2D eigenvalue weighted by atomic mass is 10.4. The first-order valence-electron chi connectivity index (χ1n) is 5.49. The van der Waals surface area contributed by atoms with Gasteiger partial charge in [0.2, 0.25) is 0 Å². The van der Waals surface area contributed by atoms with Crippen LogP contribution in [0.1, 0.15) is 34.6 Å². The van der Waals surface area contributed by atoms with Gasteiger partial charge in [-0.1, -0.05) is 12.1 Å². The topological polar surface area (TPSA) is 3.24 Å². The Bertz CT molecular complexity index is 405. The predicted octanol–water partition coefficient (Wildman–Crippen LogP) is 2.98. The zero-order valence-electron chi connectivity index (χ0n) is 11.4. The summed E-state index contributed by atoms with van der Waals surface area (Å²) in [5, 5.41) is 3.25. The van der Waals surface area contributed by atoms with Crippen molar-refractivity contribution in [3.63, 3.8) is 0 Å². The summed E-state index contributed by atoms with van der Waals surface area (Å²) in [6.45, 7) is 15.6. The number of nitrogens with zero attached hydrogens (tertiary/aromatic N) is 1. The smallest absolute Gasteiger partial charge is 0.160 e. The molecule has 0 atom stereocenters. The van der Waals surface area contributed by atoms with Gasteiger partial charge in [0.25, 0.3) is 0 Å². The van der Waals surface area contributed by atoms with Gasteiger partial charge in [-0.15, -0.1) is 0 Å². The molecule has 0 amide bonds. The quantitative estimate of drug-likeness (QED) is 0.465. The van der Waals surface area contributed by atoms with E-state index in [-0.39, 0.29) is 0 Å². The van der Waals surface area contributed by atoms with E-state index in [1.165, 1.54) is 5.70 Å². The summed E-state index contributed by atoms with van der Waals surface area (Å²) >= 11 is 0. The van der Waals surface area contributed by atoms with Crippen LogP contribution < -0.4 is 0 Å². The summed E-state index contributed by atoms with van der Waals surface area (Å²) in [6.07, 6.45) is 0. The molecular formula is C12H24NPSi. The number of hydrogen-bond acceptors (Lipinski definition) is 1. The van der Waals surface area contributed by atoms with Gasteiger partial charge in [0.15, 0.2) is 8.57 Å². The van der Waals surface area contributed by atoms with E-state index in [1.807, 2.05) is 0 Å². The van der Waals surface area contributed by atoms with Crippen molar-refractivity contribution >= 4 is 25.5 Å². The van der Waals surface area contributed by atoms with Crippen LogP contribution in [0.3, 0.4) is 0 Å². The van der Waals surface area contributed by atoms with Gasteiger partial charge in [-0.2, -0.15) is 0 Å². The first-order chi connectivity index (χ1) is 6.71. The Labute approximate surface area is 96.5 Å². The molecule has 0 radical (unpaired) electrons. The third-order valence-corrected chi connectivity index (χ3v) is 12.5. The summed E-state index contributed by atoms with van der Waals surface area (Å²) in [5.74, 6) is 0. The monoisotopic (exact) mass is 241 g/mol. The fourth-order valence-electron chi connectivity index (χ4n) is 2.27. The molecule has 0 fully saturated rings. The SMILES string of the molecule is CC1=C(C)P(C)(C)=C(C)[Si](=C(C)C)N1C. The third kappa shape index (κ3) is 1.94. The standard InChI is InChI=1S/C12H24NPSi/c1-9(2)15-12(5)14(7,8)11(4)10(3)13(15)6/h1-8H3. The normalized spacial score (nSPS) is 21.2. The maximum absolute atomic E-state index is 2.54. The highest BCUT2D eigenvalue weighted by molar-refractivity contribution is 7.82. The van der Waals surface area contributed by atoms with Gasteiger partial charge in [0.1, 0.15) is 0 Å². The van der Waals surface area contributed by atoms with Crippen molar-refractivity contribution in [2.75, 3.05) is 20.4 Å². The van der Waals surface area contributed by atoms with E-state index in [4.69, 9.17) is 0 Å². The summed E-state index contributed by atoms with van der Waals surface area (Å²) < 4.78 is 2.54. The Morgan fingerprint density at radius 2 is 1.60 bits per heavy atom. The molecule has 0 aromatic rings. The molecule has 0 N–H and O–H groups in total. The Hall–Kier alpha value is -0.0731. The van der Waals surface area contributed by atoms with Gasteiger partial charge in [0.05, 0.1) is 0 Å². The zero-order chi connectivity index (χ0) is 12.0. The largest absolute Gasteiger partial charge is 0.381 e. The van der Waals surface area contributed by atoms with E-state index in [1.54, 1.807) is 15.4 Å². The molecule has 1 aliphatic rings. The molecule has 1 rings (SSSR count). The molecule has 0 aromatic heterocycles. The molecule has 86 valence electrons. The van der Waals surface area contributed by atoms with Crippen LogP contribution in [-0.4, -0.2) is 43.6 Å². The van der Waals surface area contributed by atoms with Gasteiger partial charge in [0, 0.05) is 12.7 Å². The van der Waals surface area contributed by atoms with Gasteiger partial charge in [-0.3, -0.25) is 0 Å². The number of rotatable bonds is 0. The molecule has 0 saturated heterocycles. The first kappa shape index (κ1) is 13.0. The van der Waals surface area contributed by atoms with Gasteiger partial charge < -0.3 is 4.57 Å². The minimum atomic E-state index is -0.943. The van der Waals surface area contributed by atoms with Crippen molar-refractivity contribution in [3.05, 3.63) is 11.0 Å². The van der Waals surface area contributed by atoms with Crippen molar-refractivity contribution < 1.29 is 0 Å². The Balaban J connectivity index is 3.60. The molecule has 0 unspecified atom stereocenters. The van der Waals surface area contributed by atoms with Crippen molar-refractivity contribution in [3.8, 4) is 0 Å². The Morgan fingerprint density at radius 3 is 2.00 bits per heavy atom. The fourth-order valence-corrected chi connectivity index (χ4v) is 9.95. The highest BCUT2D eigenvalue weighted by Gasteiger charge is 2.26. The highest BCUT2D eigenvalue weighted by atomic mass is 31.2. The fraction of sp³-hybridized carbons (Fsp3) is 0.667. The van der Waals surface area contributed by atoms with Crippen LogP contribution in [0.4, 0.5) is 0 Å². The number of hydrogen-bond donors (Lipinski definition) is 0. The lowest BCUT2D eigenvalue weighted by molar-refractivity contribution is 0.662.